The largest absolute Gasteiger partial charge is 0.360 e. The van der Waals surface area contributed by atoms with Crippen LogP contribution in [0, 0.1) is 0 Å². The quantitative estimate of drug-likeness (QED) is 0.580. The average Bonchev–Trinajstić information content (AvgIpc) is 2.51. The van der Waals surface area contributed by atoms with Crippen LogP contribution in [-0.4, -0.2) is 15.2 Å². The minimum atomic E-state index is 0.419. The van der Waals surface area contributed by atoms with E-state index in [-0.39, 0.29) is 0 Å². The maximum Gasteiger partial charge on any atom is 0.0878 e. The Labute approximate surface area is 69.2 Å². The zero-order valence-corrected chi connectivity index (χ0v) is 6.41. The molecule has 0 saturated carbocycles. The van der Waals surface area contributed by atoms with Crippen LogP contribution in [0.1, 0.15) is 5.56 Å². The van der Waals surface area contributed by atoms with Gasteiger partial charge in [-0.05, 0) is 17.7 Å². The summed E-state index contributed by atoms with van der Waals surface area (Å²) in [5.74, 6) is 0. The third-order valence-electron chi connectivity index (χ3n) is 1.74. The molecule has 0 spiro atoms. The topological polar surface area (TPSA) is 60.9 Å². The highest BCUT2D eigenvalue weighted by Gasteiger charge is 1.96. The van der Waals surface area contributed by atoms with Crippen molar-refractivity contribution in [2.24, 2.45) is 0 Å². The molecule has 62 valence electrons. The van der Waals surface area contributed by atoms with Crippen LogP contribution >= 0.6 is 0 Å². The van der Waals surface area contributed by atoms with Crippen LogP contribution in [0.5, 0.6) is 0 Å². The first-order chi connectivity index (χ1) is 5.90. The van der Waals surface area contributed by atoms with Crippen LogP contribution in [0.4, 0.5) is 0 Å². The number of nitrogens with one attached hydrogen (secondary N) is 2. The first-order valence-electron chi connectivity index (χ1n) is 3.69. The Hall–Kier alpha value is -1.39. The number of hydrogen-bond acceptors (Lipinski definition) is 3. The second-order valence-electron chi connectivity index (χ2n) is 2.59. The molecule has 12 heavy (non-hydrogen) atoms. The fourth-order valence-electron chi connectivity index (χ4n) is 1.17. The first-order valence-corrected chi connectivity index (χ1v) is 3.69. The van der Waals surface area contributed by atoms with Gasteiger partial charge in [0, 0.05) is 18.9 Å². The molecule has 2 rings (SSSR count). The number of pyridine rings is 1. The Kier molecular flexibility index (Phi) is 1.77. The van der Waals surface area contributed by atoms with Gasteiger partial charge in [-0.15, -0.1) is 0 Å². The monoisotopic (exact) mass is 163 g/mol. The highest BCUT2D eigenvalue weighted by Crippen LogP contribution is 2.10. The van der Waals surface area contributed by atoms with Gasteiger partial charge in [0.15, 0.2) is 0 Å². The Morgan fingerprint density at radius 1 is 1.58 bits per heavy atom. The van der Waals surface area contributed by atoms with Crippen molar-refractivity contribution >= 4 is 11.0 Å². The van der Waals surface area contributed by atoms with Crippen molar-refractivity contribution < 1.29 is 5.21 Å². The molecule has 4 heteroatoms. The highest BCUT2D eigenvalue weighted by atomic mass is 16.5. The van der Waals surface area contributed by atoms with Gasteiger partial charge in [-0.3, -0.25) is 4.98 Å². The summed E-state index contributed by atoms with van der Waals surface area (Å²) in [5.41, 5.74) is 4.97. The summed E-state index contributed by atoms with van der Waals surface area (Å²) < 4.78 is 0. The molecule has 2 aromatic rings. The summed E-state index contributed by atoms with van der Waals surface area (Å²) >= 11 is 0. The van der Waals surface area contributed by atoms with Crippen LogP contribution in [0.25, 0.3) is 11.0 Å². The first kappa shape index (κ1) is 7.27. The fourth-order valence-corrected chi connectivity index (χ4v) is 1.17. The summed E-state index contributed by atoms with van der Waals surface area (Å²) in [4.78, 5) is 7.22. The lowest BCUT2D eigenvalue weighted by Gasteiger charge is -1.97. The minimum Gasteiger partial charge on any atom is -0.360 e. The van der Waals surface area contributed by atoms with E-state index >= 15 is 0 Å². The maximum absolute atomic E-state index is 8.45. The molecule has 0 aliphatic heterocycles. The van der Waals surface area contributed by atoms with Crippen LogP contribution < -0.4 is 5.48 Å². The second kappa shape index (κ2) is 2.92. The number of rotatable bonds is 2. The summed E-state index contributed by atoms with van der Waals surface area (Å²) in [7, 11) is 0. The number of fused-ring (bicyclic) bond motifs is 1. The third kappa shape index (κ3) is 1.17. The molecule has 2 aromatic heterocycles. The van der Waals surface area contributed by atoms with Crippen molar-refractivity contribution in [2.75, 3.05) is 0 Å². The summed E-state index contributed by atoms with van der Waals surface area (Å²) in [6, 6.07) is 3.86. The predicted molar refractivity (Wildman–Crippen MR) is 44.7 cm³/mol. The van der Waals surface area contributed by atoms with Gasteiger partial charge in [0.2, 0.25) is 0 Å². The zero-order chi connectivity index (χ0) is 8.39. The van der Waals surface area contributed by atoms with Gasteiger partial charge in [0.05, 0.1) is 11.0 Å². The second-order valence-corrected chi connectivity index (χ2v) is 2.59. The van der Waals surface area contributed by atoms with Crippen LogP contribution in [0.3, 0.4) is 0 Å². The highest BCUT2D eigenvalue weighted by molar-refractivity contribution is 5.74. The molecular weight excluding hydrogens is 154 g/mol. The van der Waals surface area contributed by atoms with Gasteiger partial charge in [-0.25, -0.2) is 5.48 Å². The number of aromatic amines is 1. The van der Waals surface area contributed by atoms with Crippen LogP contribution in [0.15, 0.2) is 24.5 Å². The molecule has 0 radical (unpaired) electrons. The molecule has 0 atom stereocenters. The molecule has 0 aromatic carbocycles. The van der Waals surface area contributed by atoms with Crippen molar-refractivity contribution in [2.45, 2.75) is 6.54 Å². The van der Waals surface area contributed by atoms with E-state index in [0.29, 0.717) is 6.54 Å². The number of nitrogens with zero attached hydrogens (tertiary/aromatic N) is 1. The van der Waals surface area contributed by atoms with Crippen molar-refractivity contribution in [3.8, 4) is 0 Å². The molecule has 0 unspecified atom stereocenters. The van der Waals surface area contributed by atoms with Gasteiger partial charge in [0.1, 0.15) is 0 Å². The SMILES string of the molecule is ONCc1cnc2cc[nH]c2c1. The van der Waals surface area contributed by atoms with Crippen LogP contribution in [0.2, 0.25) is 0 Å². The molecule has 0 aliphatic rings. The van der Waals surface area contributed by atoms with E-state index in [4.69, 9.17) is 5.21 Å². The van der Waals surface area contributed by atoms with Crippen molar-refractivity contribution in [1.82, 2.24) is 15.4 Å². The van der Waals surface area contributed by atoms with Gasteiger partial charge in [-0.1, -0.05) is 0 Å². The standard InChI is InChI=1S/C8H9N3O/c12-11-5-6-3-8-7(10-4-6)1-2-9-8/h1-4,9,11-12H,5H2. The van der Waals surface area contributed by atoms with Crippen LogP contribution in [-0.2, 0) is 6.54 Å². The molecule has 2 heterocycles. The van der Waals surface area contributed by atoms with E-state index in [2.05, 4.69) is 15.4 Å². The smallest absolute Gasteiger partial charge is 0.0878 e. The molecule has 0 saturated heterocycles. The summed E-state index contributed by atoms with van der Waals surface area (Å²) in [6.07, 6.45) is 3.58. The Balaban J connectivity index is 2.46. The van der Waals surface area contributed by atoms with Gasteiger partial charge >= 0.3 is 0 Å². The normalized spacial score (nSPS) is 10.8. The third-order valence-corrected chi connectivity index (χ3v) is 1.74. The number of H-pyrrole nitrogens is 1. The number of aromatic nitrogens is 2. The van der Waals surface area contributed by atoms with Crippen molar-refractivity contribution in [1.29, 1.82) is 0 Å². The Morgan fingerprint density at radius 3 is 3.33 bits per heavy atom. The van der Waals surface area contributed by atoms with E-state index in [1.807, 2.05) is 18.3 Å². The zero-order valence-electron chi connectivity index (χ0n) is 6.41. The molecule has 0 fully saturated rings. The van der Waals surface area contributed by atoms with Gasteiger partial charge < -0.3 is 10.2 Å². The van der Waals surface area contributed by atoms with E-state index in [0.717, 1.165) is 16.6 Å². The Morgan fingerprint density at radius 2 is 2.50 bits per heavy atom. The fraction of sp³-hybridized carbons (Fsp3) is 0.125. The molecule has 4 nitrogen and oxygen atoms in total. The van der Waals surface area contributed by atoms with E-state index in [1.165, 1.54) is 0 Å². The van der Waals surface area contributed by atoms with Gasteiger partial charge in [0.25, 0.3) is 0 Å². The summed E-state index contributed by atoms with van der Waals surface area (Å²) in [6.45, 7) is 0.419. The van der Waals surface area contributed by atoms with E-state index in [9.17, 15) is 0 Å². The van der Waals surface area contributed by atoms with Crippen molar-refractivity contribution in [3.05, 3.63) is 30.1 Å². The van der Waals surface area contributed by atoms with E-state index < -0.39 is 0 Å². The predicted octanol–water partition coefficient (Wildman–Crippen LogP) is 1.04. The molecule has 0 amide bonds. The number of hydrogen-bond donors (Lipinski definition) is 3. The summed E-state index contributed by atoms with van der Waals surface area (Å²) in [5, 5.41) is 8.45. The lowest BCUT2D eigenvalue weighted by atomic mass is 10.2. The lowest BCUT2D eigenvalue weighted by molar-refractivity contribution is 0.161. The lowest BCUT2D eigenvalue weighted by Crippen LogP contribution is -2.05. The van der Waals surface area contributed by atoms with E-state index in [1.54, 1.807) is 6.20 Å². The van der Waals surface area contributed by atoms with Crippen molar-refractivity contribution in [3.63, 3.8) is 0 Å². The Bertz CT molecular complexity index is 382. The van der Waals surface area contributed by atoms with Gasteiger partial charge in [-0.2, -0.15) is 0 Å². The maximum atomic E-state index is 8.45. The molecular formula is C8H9N3O. The molecule has 3 N–H and O–H groups in total. The minimum absolute atomic E-state index is 0.419. The molecule has 0 bridgehead atoms. The molecule has 0 aliphatic carbocycles. The number of hydroxylamine groups is 1. The average molecular weight is 163 g/mol.